The van der Waals surface area contributed by atoms with Gasteiger partial charge in [0.2, 0.25) is 0 Å². The molecule has 8 heteroatoms. The Morgan fingerprint density at radius 2 is 2.15 bits per heavy atom. The van der Waals surface area contributed by atoms with Gasteiger partial charge >= 0.3 is 0 Å². The lowest BCUT2D eigenvalue weighted by Crippen LogP contribution is -2.51. The van der Waals surface area contributed by atoms with Crippen LogP contribution in [0.4, 0.5) is 5.69 Å². The molecular formula is C18H30N8. The van der Waals surface area contributed by atoms with Crippen LogP contribution in [0.2, 0.25) is 0 Å². The first kappa shape index (κ1) is 18.3. The molecule has 0 bridgehead atoms. The average Bonchev–Trinajstić information content (AvgIpc) is 3.16. The van der Waals surface area contributed by atoms with Crippen LogP contribution in [0.3, 0.4) is 0 Å². The summed E-state index contributed by atoms with van der Waals surface area (Å²) in [6, 6.07) is 0.367. The number of anilines is 1. The number of rotatable bonds is 4. The van der Waals surface area contributed by atoms with Gasteiger partial charge in [0, 0.05) is 64.3 Å². The second-order valence-corrected chi connectivity index (χ2v) is 7.00. The highest BCUT2D eigenvalue weighted by atomic mass is 15.3. The van der Waals surface area contributed by atoms with Crippen LogP contribution >= 0.6 is 0 Å². The topological polar surface area (TPSA) is 75.3 Å². The molecule has 3 rings (SSSR count). The molecule has 3 heterocycles. The van der Waals surface area contributed by atoms with Crippen molar-refractivity contribution in [2.75, 3.05) is 25.0 Å². The van der Waals surface area contributed by atoms with Crippen LogP contribution in [-0.2, 0) is 20.6 Å². The van der Waals surface area contributed by atoms with Crippen molar-refractivity contribution in [1.29, 1.82) is 0 Å². The quantitative estimate of drug-likeness (QED) is 0.632. The highest BCUT2D eigenvalue weighted by Gasteiger charge is 2.22. The Hall–Kier alpha value is -2.51. The maximum absolute atomic E-state index is 4.48. The molecule has 0 aliphatic carbocycles. The zero-order valence-corrected chi connectivity index (χ0v) is 16.5. The van der Waals surface area contributed by atoms with Crippen molar-refractivity contribution in [3.8, 4) is 0 Å². The van der Waals surface area contributed by atoms with E-state index in [0.29, 0.717) is 6.04 Å². The molecule has 142 valence electrons. The van der Waals surface area contributed by atoms with E-state index >= 15 is 0 Å². The minimum absolute atomic E-state index is 0.367. The first-order chi connectivity index (χ1) is 12.5. The SMILES string of the molecule is CN=C(NCc1c(C)nn(C)c1C)NC1CCCN(c2cnn(C)c2)C1. The number of hydrogen-bond acceptors (Lipinski definition) is 4. The first-order valence-electron chi connectivity index (χ1n) is 9.17. The predicted octanol–water partition coefficient (Wildman–Crippen LogP) is 1.10. The van der Waals surface area contributed by atoms with Crippen LogP contribution in [0, 0.1) is 13.8 Å². The zero-order chi connectivity index (χ0) is 18.7. The van der Waals surface area contributed by atoms with E-state index in [2.05, 4.69) is 43.8 Å². The van der Waals surface area contributed by atoms with Gasteiger partial charge in [-0.25, -0.2) is 0 Å². The van der Waals surface area contributed by atoms with E-state index in [1.165, 1.54) is 16.9 Å². The van der Waals surface area contributed by atoms with Gasteiger partial charge in [0.15, 0.2) is 5.96 Å². The number of piperidine rings is 1. The van der Waals surface area contributed by atoms with E-state index in [0.717, 1.165) is 44.1 Å². The summed E-state index contributed by atoms with van der Waals surface area (Å²) >= 11 is 0. The Morgan fingerprint density at radius 3 is 2.77 bits per heavy atom. The summed E-state index contributed by atoms with van der Waals surface area (Å²) in [6.45, 7) is 6.90. The third-order valence-electron chi connectivity index (χ3n) is 5.13. The summed E-state index contributed by atoms with van der Waals surface area (Å²) in [5.74, 6) is 0.839. The van der Waals surface area contributed by atoms with Crippen LogP contribution < -0.4 is 15.5 Å². The fourth-order valence-electron chi connectivity index (χ4n) is 3.53. The monoisotopic (exact) mass is 358 g/mol. The number of aromatic nitrogens is 4. The fraction of sp³-hybridized carbons (Fsp3) is 0.611. The molecule has 0 amide bonds. The second-order valence-electron chi connectivity index (χ2n) is 7.00. The number of hydrogen-bond donors (Lipinski definition) is 2. The van der Waals surface area contributed by atoms with Crippen molar-refractivity contribution in [2.45, 2.75) is 39.3 Å². The van der Waals surface area contributed by atoms with Crippen molar-refractivity contribution >= 4 is 11.6 Å². The molecule has 0 radical (unpaired) electrons. The molecule has 1 aliphatic heterocycles. The molecule has 2 N–H and O–H groups in total. The van der Waals surface area contributed by atoms with Gasteiger partial charge in [-0.15, -0.1) is 0 Å². The summed E-state index contributed by atoms with van der Waals surface area (Å²) in [5.41, 5.74) is 4.67. The molecule has 2 aromatic heterocycles. The molecule has 8 nitrogen and oxygen atoms in total. The summed E-state index contributed by atoms with van der Waals surface area (Å²) in [7, 11) is 5.76. The summed E-state index contributed by atoms with van der Waals surface area (Å²) < 4.78 is 3.78. The van der Waals surface area contributed by atoms with Crippen LogP contribution in [0.5, 0.6) is 0 Å². The average molecular weight is 358 g/mol. The minimum Gasteiger partial charge on any atom is -0.367 e. The second kappa shape index (κ2) is 7.80. The van der Waals surface area contributed by atoms with E-state index in [9.17, 15) is 0 Å². The molecule has 1 aliphatic rings. The minimum atomic E-state index is 0.367. The molecule has 26 heavy (non-hydrogen) atoms. The molecule has 1 fully saturated rings. The van der Waals surface area contributed by atoms with E-state index in [1.54, 1.807) is 0 Å². The van der Waals surface area contributed by atoms with Crippen LogP contribution in [-0.4, -0.2) is 51.7 Å². The molecule has 2 aromatic rings. The van der Waals surface area contributed by atoms with Crippen molar-refractivity contribution < 1.29 is 0 Å². The normalized spacial score (nSPS) is 18.3. The van der Waals surface area contributed by atoms with Crippen molar-refractivity contribution in [2.24, 2.45) is 19.1 Å². The van der Waals surface area contributed by atoms with Gasteiger partial charge in [0.05, 0.1) is 17.6 Å². The van der Waals surface area contributed by atoms with E-state index in [1.807, 2.05) is 43.6 Å². The first-order valence-corrected chi connectivity index (χ1v) is 9.17. The molecule has 0 aromatic carbocycles. The Balaban J connectivity index is 1.57. The highest BCUT2D eigenvalue weighted by molar-refractivity contribution is 5.80. The third kappa shape index (κ3) is 4.00. The van der Waals surface area contributed by atoms with Crippen molar-refractivity contribution in [1.82, 2.24) is 30.2 Å². The maximum atomic E-state index is 4.48. The predicted molar refractivity (Wildman–Crippen MR) is 104 cm³/mol. The van der Waals surface area contributed by atoms with Crippen molar-refractivity contribution in [3.05, 3.63) is 29.3 Å². The van der Waals surface area contributed by atoms with Crippen LogP contribution in [0.25, 0.3) is 0 Å². The number of aryl methyl sites for hydroxylation is 3. The summed E-state index contributed by atoms with van der Waals surface area (Å²) in [5, 5.41) is 15.8. The zero-order valence-electron chi connectivity index (χ0n) is 16.5. The fourth-order valence-corrected chi connectivity index (χ4v) is 3.53. The lowest BCUT2D eigenvalue weighted by atomic mass is 10.1. The van der Waals surface area contributed by atoms with Gasteiger partial charge in [-0.1, -0.05) is 0 Å². The van der Waals surface area contributed by atoms with Gasteiger partial charge in [-0.2, -0.15) is 10.2 Å². The van der Waals surface area contributed by atoms with Crippen molar-refractivity contribution in [3.63, 3.8) is 0 Å². The molecule has 0 spiro atoms. The van der Waals surface area contributed by atoms with Gasteiger partial charge in [0.1, 0.15) is 0 Å². The lowest BCUT2D eigenvalue weighted by molar-refractivity contribution is 0.468. The molecular weight excluding hydrogens is 328 g/mol. The Labute approximate surface area is 155 Å². The van der Waals surface area contributed by atoms with E-state index in [-0.39, 0.29) is 0 Å². The van der Waals surface area contributed by atoms with Crippen LogP contribution in [0.15, 0.2) is 17.4 Å². The largest absolute Gasteiger partial charge is 0.367 e. The van der Waals surface area contributed by atoms with E-state index in [4.69, 9.17) is 0 Å². The number of aliphatic imine (C=N–C) groups is 1. The molecule has 1 saturated heterocycles. The number of nitrogens with zero attached hydrogens (tertiary/aromatic N) is 6. The standard InChI is InChI=1S/C18H30N8/c1-13-17(14(2)25(5)23-13)10-20-18(19-3)22-15-7-6-8-26(11-15)16-9-21-24(4)12-16/h9,12,15H,6-8,10-11H2,1-5H3,(H2,19,20,22). The van der Waals surface area contributed by atoms with Gasteiger partial charge in [-0.3, -0.25) is 14.4 Å². The highest BCUT2D eigenvalue weighted by Crippen LogP contribution is 2.19. The Kier molecular flexibility index (Phi) is 5.49. The molecule has 0 saturated carbocycles. The molecule has 1 unspecified atom stereocenters. The molecule has 1 atom stereocenters. The van der Waals surface area contributed by atoms with E-state index < -0.39 is 0 Å². The smallest absolute Gasteiger partial charge is 0.191 e. The number of nitrogens with one attached hydrogen (secondary N) is 2. The van der Waals surface area contributed by atoms with Gasteiger partial charge < -0.3 is 15.5 Å². The maximum Gasteiger partial charge on any atom is 0.191 e. The summed E-state index contributed by atoms with van der Waals surface area (Å²) in [4.78, 5) is 6.78. The lowest BCUT2D eigenvalue weighted by Gasteiger charge is -2.34. The Morgan fingerprint density at radius 1 is 1.35 bits per heavy atom. The third-order valence-corrected chi connectivity index (χ3v) is 5.13. The summed E-state index contributed by atoms with van der Waals surface area (Å²) in [6.07, 6.45) is 6.31. The number of guanidine groups is 1. The van der Waals surface area contributed by atoms with Gasteiger partial charge in [-0.05, 0) is 26.7 Å². The van der Waals surface area contributed by atoms with Crippen LogP contribution in [0.1, 0.15) is 29.8 Å². The Bertz CT molecular complexity index is 772. The van der Waals surface area contributed by atoms with Gasteiger partial charge in [0.25, 0.3) is 0 Å².